The minimum Gasteiger partial charge on any atom is -0.498 e. The van der Waals surface area contributed by atoms with Gasteiger partial charge in [-0.2, -0.15) is 22.4 Å². The normalized spacial score (nSPS) is 24.4. The Kier molecular flexibility index (Phi) is 6.52. The zero-order valence-corrected chi connectivity index (χ0v) is 19.5. The molecule has 0 radical (unpaired) electrons. The molecule has 1 fully saturated rings. The van der Waals surface area contributed by atoms with Gasteiger partial charge in [0.15, 0.2) is 0 Å². The molecule has 2 aliphatic rings. The van der Waals surface area contributed by atoms with Gasteiger partial charge in [0.2, 0.25) is 0 Å². The van der Waals surface area contributed by atoms with Crippen molar-refractivity contribution in [2.75, 3.05) is 24.1 Å². The Bertz CT molecular complexity index is 1220. The Morgan fingerprint density at radius 3 is 2.58 bits per heavy atom. The zero-order valence-electron chi connectivity index (χ0n) is 18.7. The number of fused-ring (bicyclic) bond motifs is 1. The van der Waals surface area contributed by atoms with Crippen LogP contribution in [0.1, 0.15) is 35.6 Å². The lowest BCUT2D eigenvalue weighted by atomic mass is 9.87. The van der Waals surface area contributed by atoms with Crippen LogP contribution in [0.4, 0.5) is 38.9 Å². The number of hydrogen-bond donors (Lipinski definition) is 3. The third kappa shape index (κ3) is 4.30. The van der Waals surface area contributed by atoms with Gasteiger partial charge in [0.25, 0.3) is 6.09 Å². The summed E-state index contributed by atoms with van der Waals surface area (Å²) in [6, 6.07) is 6.13. The van der Waals surface area contributed by atoms with E-state index >= 15 is 0 Å². The van der Waals surface area contributed by atoms with Crippen LogP contribution >= 0.6 is 11.6 Å². The Labute approximate surface area is 208 Å². The second-order valence-electron chi connectivity index (χ2n) is 8.83. The molecule has 4 amide bonds. The molecular formula is C23H22ClF3N4O5. The van der Waals surface area contributed by atoms with Crippen LogP contribution < -0.4 is 16.2 Å². The van der Waals surface area contributed by atoms with Gasteiger partial charge in [-0.1, -0.05) is 29.8 Å². The molecule has 36 heavy (non-hydrogen) atoms. The van der Waals surface area contributed by atoms with E-state index in [1.165, 1.54) is 4.90 Å². The lowest BCUT2D eigenvalue weighted by Gasteiger charge is -2.46. The predicted octanol–water partition coefficient (Wildman–Crippen LogP) is 4.07. The minimum absolute atomic E-state index is 0.0324. The molecule has 0 saturated carbocycles. The van der Waals surface area contributed by atoms with Gasteiger partial charge < -0.3 is 31.0 Å². The number of para-hydroxylation sites is 1. The van der Waals surface area contributed by atoms with Crippen molar-refractivity contribution < 1.29 is 42.3 Å². The average molecular weight is 527 g/mol. The molecular weight excluding hydrogens is 505 g/mol. The highest BCUT2D eigenvalue weighted by atomic mass is 35.5. The lowest BCUT2D eigenvalue weighted by Crippen LogP contribution is -2.67. The molecule has 192 valence electrons. The summed E-state index contributed by atoms with van der Waals surface area (Å²) in [5, 5.41) is 24.4. The number of nitrogens with zero attached hydrogens (tertiary/aromatic N) is 2. The maximum Gasteiger partial charge on any atom is 0.520 e. The maximum absolute atomic E-state index is 13.6. The van der Waals surface area contributed by atoms with Crippen LogP contribution in [0, 0.1) is 0 Å². The Balaban J connectivity index is 1.76. The monoisotopic (exact) mass is 526 g/mol. The number of urea groups is 1. The van der Waals surface area contributed by atoms with Gasteiger partial charge in [-0.15, -0.1) is 0 Å². The third-order valence-electron chi connectivity index (χ3n) is 6.93. The number of rotatable bonds is 2. The summed E-state index contributed by atoms with van der Waals surface area (Å²) in [4.78, 5) is 38.9. The molecule has 0 spiro atoms. The number of amides is 4. The van der Waals surface area contributed by atoms with E-state index in [9.17, 15) is 37.8 Å². The number of piperidine rings is 1. The Hall–Kier alpha value is -3.51. The first-order chi connectivity index (χ1) is 16.9. The van der Waals surface area contributed by atoms with Crippen molar-refractivity contribution in [3.05, 3.63) is 58.1 Å². The van der Waals surface area contributed by atoms with Crippen LogP contribution in [0.3, 0.4) is 0 Å². The number of anilines is 2. The quantitative estimate of drug-likeness (QED) is 0.398. The molecule has 2 heterocycles. The lowest BCUT2D eigenvalue weighted by molar-refractivity contribution is -0.844. The van der Waals surface area contributed by atoms with Crippen LogP contribution in [0.15, 0.2) is 36.4 Å². The van der Waals surface area contributed by atoms with Crippen molar-refractivity contribution >= 4 is 41.2 Å². The van der Waals surface area contributed by atoms with E-state index < -0.39 is 63.8 Å². The van der Waals surface area contributed by atoms with Crippen LogP contribution in [0.5, 0.6) is 0 Å². The van der Waals surface area contributed by atoms with Gasteiger partial charge in [-0.3, -0.25) is 0 Å². The molecule has 2 aromatic rings. The summed E-state index contributed by atoms with van der Waals surface area (Å²) in [5.74, 6) is 0. The van der Waals surface area contributed by atoms with Gasteiger partial charge >= 0.3 is 18.3 Å². The number of carbonyl (C=O) groups is 3. The number of benzene rings is 2. The Morgan fingerprint density at radius 2 is 1.94 bits per heavy atom. The van der Waals surface area contributed by atoms with Crippen LogP contribution in [0.2, 0.25) is 5.02 Å². The number of carboxylic acid groups (broad SMARTS) is 2. The average Bonchev–Trinajstić information content (AvgIpc) is 2.97. The standard InChI is InChI=1S/C23H22ClF3N4O5/c24-16-10-13(9-15(19(16)28)23(25,26)27)18-11-14(6-8-31(18,21(33)34)22(35)36)30-7-5-12-3-1-2-4-17(12)29-20(30)32/h1-4,9-10,14,18H,5-8,11,28H2,(H2-,29,32,33,34,35,36). The first-order valence-corrected chi connectivity index (χ1v) is 11.4. The van der Waals surface area contributed by atoms with E-state index in [-0.39, 0.29) is 24.9 Å². The summed E-state index contributed by atoms with van der Waals surface area (Å²) in [5.41, 5.74) is 4.66. The molecule has 0 aliphatic carbocycles. The number of imide groups is 1. The fourth-order valence-corrected chi connectivity index (χ4v) is 5.29. The highest BCUT2D eigenvalue weighted by Gasteiger charge is 2.54. The van der Waals surface area contributed by atoms with Crippen molar-refractivity contribution in [1.82, 2.24) is 4.90 Å². The number of hydrogen-bond acceptors (Lipinski definition) is 5. The number of halogens is 4. The number of quaternary nitrogens is 1. The summed E-state index contributed by atoms with van der Waals surface area (Å²) in [6.45, 7) is -0.276. The van der Waals surface area contributed by atoms with Crippen LogP contribution in [0.25, 0.3) is 0 Å². The second-order valence-corrected chi connectivity index (χ2v) is 9.23. The molecule has 0 bridgehead atoms. The van der Waals surface area contributed by atoms with E-state index in [2.05, 4.69) is 5.32 Å². The smallest absolute Gasteiger partial charge is 0.498 e. The molecule has 0 aromatic heterocycles. The van der Waals surface area contributed by atoms with E-state index in [1.807, 2.05) is 12.1 Å². The molecule has 4 rings (SSSR count). The molecule has 3 atom stereocenters. The maximum atomic E-state index is 13.6. The third-order valence-corrected chi connectivity index (χ3v) is 7.25. The first-order valence-electron chi connectivity index (χ1n) is 11.0. The van der Waals surface area contributed by atoms with Crippen molar-refractivity contribution in [3.8, 4) is 0 Å². The summed E-state index contributed by atoms with van der Waals surface area (Å²) in [7, 11) is 0. The first kappa shape index (κ1) is 25.6. The van der Waals surface area contributed by atoms with Crippen LogP contribution in [-0.2, 0) is 12.6 Å². The fraction of sp³-hybridized carbons (Fsp3) is 0.348. The highest BCUT2D eigenvalue weighted by Crippen LogP contribution is 2.45. The zero-order chi connectivity index (χ0) is 26.4. The summed E-state index contributed by atoms with van der Waals surface area (Å²) in [6.07, 6.45) is -8.53. The number of likely N-dealkylation sites (tertiary alicyclic amines) is 1. The summed E-state index contributed by atoms with van der Waals surface area (Å²) >= 11 is 5.96. The van der Waals surface area contributed by atoms with Gasteiger partial charge in [0.1, 0.15) is 6.04 Å². The topological polar surface area (TPSA) is 136 Å². The number of alkyl halides is 3. The van der Waals surface area contributed by atoms with E-state index in [4.69, 9.17) is 17.3 Å². The molecule has 2 aromatic carbocycles. The number of carbonyl (C=O) groups excluding carboxylic acids is 2. The molecule has 13 heteroatoms. The molecule has 9 nitrogen and oxygen atoms in total. The molecule has 1 saturated heterocycles. The second kappa shape index (κ2) is 9.17. The summed E-state index contributed by atoms with van der Waals surface area (Å²) < 4.78 is 39.2. The number of nitrogens with two attached hydrogens (primary N) is 1. The Morgan fingerprint density at radius 1 is 1.25 bits per heavy atom. The largest absolute Gasteiger partial charge is 0.520 e. The fourth-order valence-electron chi connectivity index (χ4n) is 5.07. The van der Waals surface area contributed by atoms with E-state index in [0.29, 0.717) is 18.2 Å². The van der Waals surface area contributed by atoms with Crippen LogP contribution in [-0.4, -0.2) is 51.8 Å². The minimum atomic E-state index is -4.92. The highest BCUT2D eigenvalue weighted by molar-refractivity contribution is 6.33. The van der Waals surface area contributed by atoms with Crippen molar-refractivity contribution in [3.63, 3.8) is 0 Å². The molecule has 2 unspecified atom stereocenters. The van der Waals surface area contributed by atoms with Gasteiger partial charge in [0, 0.05) is 36.7 Å². The number of nitrogen functional groups attached to an aromatic ring is 1. The van der Waals surface area contributed by atoms with Gasteiger partial charge in [0.05, 0.1) is 22.8 Å². The van der Waals surface area contributed by atoms with E-state index in [0.717, 1.165) is 11.6 Å². The number of nitrogens with one attached hydrogen (secondary N) is 1. The van der Waals surface area contributed by atoms with Crippen molar-refractivity contribution in [2.45, 2.75) is 37.5 Å². The SMILES string of the molecule is Nc1c(Cl)cc(C2CC(N3CCc4ccccc4NC3=O)CC[N@@+]2(C(=O)[O-])C(=O)O)cc1C(F)(F)F. The van der Waals surface area contributed by atoms with E-state index in [1.54, 1.807) is 12.1 Å². The molecule has 4 N–H and O–H groups in total. The molecule has 2 aliphatic heterocycles. The van der Waals surface area contributed by atoms with Crippen molar-refractivity contribution in [2.24, 2.45) is 0 Å². The van der Waals surface area contributed by atoms with Crippen molar-refractivity contribution in [1.29, 1.82) is 0 Å². The van der Waals surface area contributed by atoms with Gasteiger partial charge in [-0.05, 0) is 30.2 Å². The predicted molar refractivity (Wildman–Crippen MR) is 121 cm³/mol. The van der Waals surface area contributed by atoms with Gasteiger partial charge in [-0.25, -0.2) is 4.79 Å².